The van der Waals surface area contributed by atoms with Crippen LogP contribution >= 0.6 is 11.3 Å². The third-order valence-electron chi connectivity index (χ3n) is 5.12. The molecule has 31 heavy (non-hydrogen) atoms. The Morgan fingerprint density at radius 1 is 1.13 bits per heavy atom. The first-order valence-corrected chi connectivity index (χ1v) is 11.0. The summed E-state index contributed by atoms with van der Waals surface area (Å²) in [5, 5.41) is 11.5. The smallest absolute Gasteiger partial charge is 0.313 e. The van der Waals surface area contributed by atoms with E-state index in [1.54, 1.807) is 45.3 Å². The summed E-state index contributed by atoms with van der Waals surface area (Å²) in [6, 6.07) is 12.5. The highest BCUT2D eigenvalue weighted by atomic mass is 32.1. The van der Waals surface area contributed by atoms with Gasteiger partial charge in [-0.05, 0) is 48.6 Å². The van der Waals surface area contributed by atoms with E-state index in [-0.39, 0.29) is 18.5 Å². The molecule has 1 fully saturated rings. The van der Waals surface area contributed by atoms with Crippen LogP contribution in [0.3, 0.4) is 0 Å². The predicted molar refractivity (Wildman–Crippen MR) is 119 cm³/mol. The molecule has 1 aliphatic rings. The minimum atomic E-state index is -0.757. The van der Waals surface area contributed by atoms with Gasteiger partial charge in [-0.2, -0.15) is 5.10 Å². The summed E-state index contributed by atoms with van der Waals surface area (Å²) in [6.07, 6.45) is 5.88. The SMILES string of the molecule is O=C(NCC(c1cccs1)n1cccn1)C(=O)Nc1cccc(N2CCCCC2=O)c1. The van der Waals surface area contributed by atoms with E-state index in [1.165, 1.54) is 0 Å². The molecule has 3 amide bonds. The van der Waals surface area contributed by atoms with Crippen LogP contribution in [0.1, 0.15) is 30.2 Å². The lowest BCUT2D eigenvalue weighted by Gasteiger charge is -2.27. The lowest BCUT2D eigenvalue weighted by atomic mass is 10.1. The Morgan fingerprint density at radius 2 is 2.03 bits per heavy atom. The Labute approximate surface area is 183 Å². The highest BCUT2D eigenvalue weighted by Crippen LogP contribution is 2.24. The number of amides is 3. The van der Waals surface area contributed by atoms with Crippen LogP contribution in [0.15, 0.2) is 60.2 Å². The van der Waals surface area contributed by atoms with Crippen molar-refractivity contribution in [3.05, 3.63) is 65.1 Å². The van der Waals surface area contributed by atoms with Crippen molar-refractivity contribution in [2.24, 2.45) is 0 Å². The zero-order chi connectivity index (χ0) is 21.6. The Balaban J connectivity index is 1.38. The molecule has 160 valence electrons. The molecule has 3 aromatic rings. The standard InChI is InChI=1S/C22H23N5O3S/c28-20-9-1-2-11-26(20)17-7-3-6-16(14-17)25-22(30)21(29)23-15-18(19-8-4-13-31-19)27-12-5-10-24-27/h3-8,10,12-14,18H,1-2,9,11,15H2,(H,23,29)(H,25,30). The summed E-state index contributed by atoms with van der Waals surface area (Å²) in [5.74, 6) is -1.41. The van der Waals surface area contributed by atoms with E-state index in [2.05, 4.69) is 15.7 Å². The number of piperidine rings is 1. The van der Waals surface area contributed by atoms with Gasteiger partial charge in [-0.1, -0.05) is 12.1 Å². The van der Waals surface area contributed by atoms with Crippen molar-refractivity contribution in [2.45, 2.75) is 25.3 Å². The number of anilines is 2. The van der Waals surface area contributed by atoms with Gasteiger partial charge in [-0.25, -0.2) is 0 Å². The third-order valence-corrected chi connectivity index (χ3v) is 6.09. The summed E-state index contributed by atoms with van der Waals surface area (Å²) in [7, 11) is 0. The molecule has 3 heterocycles. The van der Waals surface area contributed by atoms with Crippen LogP contribution < -0.4 is 15.5 Å². The Morgan fingerprint density at radius 3 is 2.77 bits per heavy atom. The summed E-state index contributed by atoms with van der Waals surface area (Å²) in [6.45, 7) is 0.894. The van der Waals surface area contributed by atoms with Crippen molar-refractivity contribution in [3.8, 4) is 0 Å². The molecule has 2 aromatic heterocycles. The quantitative estimate of drug-likeness (QED) is 0.580. The molecule has 0 radical (unpaired) electrons. The highest BCUT2D eigenvalue weighted by molar-refractivity contribution is 7.10. The highest BCUT2D eigenvalue weighted by Gasteiger charge is 2.22. The van der Waals surface area contributed by atoms with Gasteiger partial charge in [0.15, 0.2) is 0 Å². The van der Waals surface area contributed by atoms with E-state index in [0.29, 0.717) is 18.7 Å². The molecule has 2 N–H and O–H groups in total. The molecule has 1 saturated heterocycles. The first kappa shape index (κ1) is 20.8. The van der Waals surface area contributed by atoms with Crippen molar-refractivity contribution in [3.63, 3.8) is 0 Å². The second kappa shape index (κ2) is 9.57. The molecular formula is C22H23N5O3S. The number of benzene rings is 1. The van der Waals surface area contributed by atoms with Crippen molar-refractivity contribution in [2.75, 3.05) is 23.3 Å². The number of hydrogen-bond acceptors (Lipinski definition) is 5. The van der Waals surface area contributed by atoms with Gasteiger partial charge in [-0.15, -0.1) is 11.3 Å². The minimum Gasteiger partial charge on any atom is -0.345 e. The number of aromatic nitrogens is 2. The fourth-order valence-corrected chi connectivity index (χ4v) is 4.38. The summed E-state index contributed by atoms with van der Waals surface area (Å²) < 4.78 is 1.75. The van der Waals surface area contributed by atoms with Crippen molar-refractivity contribution in [1.29, 1.82) is 0 Å². The normalized spacial score (nSPS) is 14.8. The number of carbonyl (C=O) groups excluding carboxylic acids is 3. The Bertz CT molecular complexity index is 1010. The average molecular weight is 438 g/mol. The van der Waals surface area contributed by atoms with Gasteiger partial charge in [0, 0.05) is 48.2 Å². The molecule has 0 aliphatic carbocycles. The maximum atomic E-state index is 12.4. The zero-order valence-electron chi connectivity index (χ0n) is 16.9. The van der Waals surface area contributed by atoms with Crippen molar-refractivity contribution in [1.82, 2.24) is 15.1 Å². The number of nitrogens with one attached hydrogen (secondary N) is 2. The van der Waals surface area contributed by atoms with Crippen molar-refractivity contribution < 1.29 is 14.4 Å². The van der Waals surface area contributed by atoms with Gasteiger partial charge < -0.3 is 15.5 Å². The van der Waals surface area contributed by atoms with Crippen molar-refractivity contribution >= 4 is 40.4 Å². The molecular weight excluding hydrogens is 414 g/mol. The molecule has 4 rings (SSSR count). The first-order valence-electron chi connectivity index (χ1n) is 10.1. The number of hydrogen-bond donors (Lipinski definition) is 2. The Hall–Kier alpha value is -3.46. The van der Waals surface area contributed by atoms with Crippen LogP contribution in [0.2, 0.25) is 0 Å². The molecule has 9 heteroatoms. The van der Waals surface area contributed by atoms with E-state index in [4.69, 9.17) is 0 Å². The maximum Gasteiger partial charge on any atom is 0.313 e. The van der Waals surface area contributed by atoms with Gasteiger partial charge in [0.05, 0.1) is 0 Å². The minimum absolute atomic E-state index is 0.0747. The van der Waals surface area contributed by atoms with Gasteiger partial charge in [0.1, 0.15) is 6.04 Å². The van der Waals surface area contributed by atoms with Gasteiger partial charge in [0.2, 0.25) is 5.91 Å². The first-order chi connectivity index (χ1) is 15.1. The average Bonchev–Trinajstić information content (AvgIpc) is 3.49. The molecule has 1 atom stereocenters. The van der Waals surface area contributed by atoms with Crippen LogP contribution in [0.25, 0.3) is 0 Å². The van der Waals surface area contributed by atoms with Crippen LogP contribution in [0.4, 0.5) is 11.4 Å². The topological polar surface area (TPSA) is 96.3 Å². The fraction of sp³-hybridized carbons (Fsp3) is 0.273. The summed E-state index contributed by atoms with van der Waals surface area (Å²) in [5.41, 5.74) is 1.19. The van der Waals surface area contributed by atoms with Gasteiger partial charge in [0.25, 0.3) is 0 Å². The molecule has 0 saturated carbocycles. The Kier molecular flexibility index (Phi) is 6.42. The van der Waals surface area contributed by atoms with Crippen LogP contribution in [0.5, 0.6) is 0 Å². The fourth-order valence-electron chi connectivity index (χ4n) is 3.56. The molecule has 1 unspecified atom stereocenters. The van der Waals surface area contributed by atoms with E-state index in [1.807, 2.05) is 35.8 Å². The maximum absolute atomic E-state index is 12.4. The second-order valence-electron chi connectivity index (χ2n) is 7.23. The molecule has 1 aliphatic heterocycles. The lowest BCUT2D eigenvalue weighted by Crippen LogP contribution is -2.39. The predicted octanol–water partition coefficient (Wildman–Crippen LogP) is 2.81. The lowest BCUT2D eigenvalue weighted by molar-refractivity contribution is -0.136. The molecule has 0 spiro atoms. The summed E-state index contributed by atoms with van der Waals surface area (Å²) >= 11 is 1.56. The number of carbonyl (C=O) groups is 3. The molecule has 8 nitrogen and oxygen atoms in total. The summed E-state index contributed by atoms with van der Waals surface area (Å²) in [4.78, 5) is 39.7. The van der Waals surface area contributed by atoms with Crippen LogP contribution in [-0.2, 0) is 14.4 Å². The van der Waals surface area contributed by atoms with Crippen LogP contribution in [0, 0.1) is 0 Å². The second-order valence-corrected chi connectivity index (χ2v) is 8.21. The monoisotopic (exact) mass is 437 g/mol. The van der Waals surface area contributed by atoms with Crippen LogP contribution in [-0.4, -0.2) is 40.6 Å². The van der Waals surface area contributed by atoms with Gasteiger partial charge >= 0.3 is 11.8 Å². The third kappa shape index (κ3) is 5.00. The van der Waals surface area contributed by atoms with Gasteiger partial charge in [-0.3, -0.25) is 19.1 Å². The number of thiophene rings is 1. The van der Waals surface area contributed by atoms with E-state index >= 15 is 0 Å². The largest absolute Gasteiger partial charge is 0.345 e. The number of rotatable bonds is 6. The van der Waals surface area contributed by atoms with E-state index < -0.39 is 11.8 Å². The molecule has 0 bridgehead atoms. The van der Waals surface area contributed by atoms with E-state index in [0.717, 1.165) is 23.4 Å². The van der Waals surface area contributed by atoms with E-state index in [9.17, 15) is 14.4 Å². The molecule has 1 aromatic carbocycles. The number of nitrogens with zero attached hydrogens (tertiary/aromatic N) is 3. The zero-order valence-corrected chi connectivity index (χ0v) is 17.7.